The van der Waals surface area contributed by atoms with Crippen molar-refractivity contribution in [2.24, 2.45) is 7.05 Å². The van der Waals surface area contributed by atoms with Crippen LogP contribution in [0.5, 0.6) is 0 Å². The fourth-order valence-electron chi connectivity index (χ4n) is 10.1. The van der Waals surface area contributed by atoms with E-state index in [1.54, 1.807) is 0 Å². The predicted molar refractivity (Wildman–Crippen MR) is 257 cm³/mol. The predicted octanol–water partition coefficient (Wildman–Crippen LogP) is 9.49. The topological polar surface area (TPSA) is 99.1 Å². The Labute approximate surface area is 377 Å². The molecule has 0 fully saturated rings. The van der Waals surface area contributed by atoms with Crippen molar-refractivity contribution in [1.82, 2.24) is 34.3 Å². The van der Waals surface area contributed by atoms with Crippen LogP contribution < -0.4 is 24.3 Å². The molecule has 3 unspecified atom stereocenters. The highest BCUT2D eigenvalue weighted by molar-refractivity contribution is 7.54. The molecule has 0 N–H and O–H groups in total. The van der Waals surface area contributed by atoms with Crippen LogP contribution in [0.15, 0.2) is 146 Å². The minimum absolute atomic E-state index is 0.0279. The van der Waals surface area contributed by atoms with Crippen LogP contribution in [-0.4, -0.2) is 59.8 Å². The molecular formula is C50H51N12P2+. The summed E-state index contributed by atoms with van der Waals surface area (Å²) < 4.78 is 9.89. The quantitative estimate of drug-likeness (QED) is 0.156. The fraction of sp³-hybridized carbons (Fsp3) is 0.280. The molecule has 3 atom stereocenters. The van der Waals surface area contributed by atoms with Gasteiger partial charge in [0.05, 0.1) is 18.9 Å². The van der Waals surface area contributed by atoms with E-state index >= 15 is 0 Å². The van der Waals surface area contributed by atoms with Crippen LogP contribution in [0, 0.1) is 0 Å². The summed E-state index contributed by atoms with van der Waals surface area (Å²) in [6.45, 7) is 9.42. The molecule has 7 aromatic rings. The monoisotopic (exact) mass is 881 g/mol. The maximum absolute atomic E-state index is 5.52. The Bertz CT molecular complexity index is 2910. The number of fused-ring (bicyclic) bond motifs is 8. The lowest BCUT2D eigenvalue weighted by atomic mass is 10.0. The second kappa shape index (κ2) is 17.2. The Morgan fingerprint density at radius 2 is 1.42 bits per heavy atom. The van der Waals surface area contributed by atoms with Crippen LogP contribution in [-0.2, 0) is 39.0 Å². The first kappa shape index (κ1) is 40.3. The van der Waals surface area contributed by atoms with Gasteiger partial charge < -0.3 is 19.6 Å². The van der Waals surface area contributed by atoms with Gasteiger partial charge in [-0.25, -0.2) is 24.4 Å². The maximum atomic E-state index is 5.52. The molecule has 0 radical (unpaired) electrons. The van der Waals surface area contributed by atoms with Crippen molar-refractivity contribution < 1.29 is 4.68 Å². The normalized spacial score (nSPS) is 19.3. The van der Waals surface area contributed by atoms with Gasteiger partial charge in [-0.1, -0.05) is 97.6 Å². The summed E-state index contributed by atoms with van der Waals surface area (Å²) in [5, 5.41) is 7.93. The second-order valence-corrected chi connectivity index (χ2v) is 19.9. The van der Waals surface area contributed by atoms with Crippen LogP contribution in [0.2, 0.25) is 0 Å². The zero-order valence-electron chi connectivity index (χ0n) is 36.3. The lowest BCUT2D eigenvalue weighted by Gasteiger charge is -2.37. The van der Waals surface area contributed by atoms with Crippen molar-refractivity contribution in [1.29, 1.82) is 0 Å². The van der Waals surface area contributed by atoms with Crippen LogP contribution >= 0.6 is 16.0 Å². The Hall–Kier alpha value is -6.48. The Morgan fingerprint density at radius 3 is 2.14 bits per heavy atom. The summed E-state index contributed by atoms with van der Waals surface area (Å²) in [4.78, 5) is 30.3. The van der Waals surface area contributed by atoms with Crippen molar-refractivity contribution in [3.05, 3.63) is 173 Å². The molecule has 0 aliphatic carbocycles. The van der Waals surface area contributed by atoms with E-state index in [0.717, 1.165) is 106 Å². The van der Waals surface area contributed by atoms with E-state index in [1.165, 1.54) is 33.0 Å². The van der Waals surface area contributed by atoms with Gasteiger partial charge in [-0.05, 0) is 68.3 Å². The van der Waals surface area contributed by atoms with Crippen LogP contribution in [0.25, 0.3) is 11.0 Å². The van der Waals surface area contributed by atoms with Crippen LogP contribution in [0.4, 0.5) is 29.0 Å². The SMILES string of the molecule is C=C1Cc2c(pnp2Cc2ccccc2)-c2c(n(Cc3ccccc3)n[n+]2C)CCC2N3CCCCN4c5nccnc5N(/C1=C/C=C\C)C4Cc1ccccc1N2c1nccnc13. The van der Waals surface area contributed by atoms with E-state index in [0.29, 0.717) is 13.0 Å². The van der Waals surface area contributed by atoms with E-state index in [4.69, 9.17) is 36.2 Å². The van der Waals surface area contributed by atoms with Crippen molar-refractivity contribution >= 4 is 45.0 Å². The molecule has 4 aromatic heterocycles. The molecule has 0 spiro atoms. The van der Waals surface area contributed by atoms with E-state index in [2.05, 4.69) is 146 Å². The van der Waals surface area contributed by atoms with Gasteiger partial charge in [-0.15, -0.1) is 9.36 Å². The van der Waals surface area contributed by atoms with Gasteiger partial charge in [0.2, 0.25) is 5.69 Å². The van der Waals surface area contributed by atoms with Crippen LogP contribution in [0.3, 0.4) is 0 Å². The van der Waals surface area contributed by atoms with Crippen molar-refractivity contribution in [2.45, 2.75) is 70.5 Å². The largest absolute Gasteiger partial charge is 0.333 e. The Balaban J connectivity index is 1.17. The average molecular weight is 882 g/mol. The highest BCUT2D eigenvalue weighted by atomic mass is 31.1. The molecule has 4 bridgehead atoms. The molecule has 64 heavy (non-hydrogen) atoms. The first-order chi connectivity index (χ1) is 31.6. The number of hydrogen-bond donors (Lipinski definition) is 0. The number of hydrogen-bond acceptors (Lipinski definition) is 10. The summed E-state index contributed by atoms with van der Waals surface area (Å²) in [6, 6.07) is 30.5. The standard InChI is InChI=1S/C50H51N12P2/c1-4-5-21-39-35(2)31-42-46(63-56-64(42)34-37-18-10-7-11-19-37)45-41(60(55-57(45)3)33-36-16-8-6-9-17-36)23-24-43-58-29-14-15-30-59-44(61(39)49-48(59)52-26-27-53-49)32-38-20-12-13-22-40(38)62(43)50-47(58)51-25-28-54-50/h4-13,16-22,25-28,43-44H,2,14-15,23-24,29-34H2,1,3H3/q+1/b5-4-,39-21+. The minimum Gasteiger partial charge on any atom is -0.333 e. The summed E-state index contributed by atoms with van der Waals surface area (Å²) in [5.74, 6) is 3.62. The number of allylic oxidation sites excluding steroid dienone is 4. The number of nitrogens with zero attached hydrogens (tertiary/aromatic N) is 12. The molecule has 0 saturated carbocycles. The maximum Gasteiger partial charge on any atom is 0.207 e. The average Bonchev–Trinajstić information content (AvgIpc) is 4.03. The number of aryl methyl sites for hydroxylation is 1. The van der Waals surface area contributed by atoms with E-state index in [9.17, 15) is 0 Å². The van der Waals surface area contributed by atoms with Gasteiger partial charge in [0.25, 0.3) is 0 Å². The van der Waals surface area contributed by atoms with Gasteiger partial charge in [-0.2, -0.15) is 0 Å². The molecule has 4 aliphatic rings. The van der Waals surface area contributed by atoms with Gasteiger partial charge in [0.1, 0.15) is 25.9 Å². The zero-order valence-corrected chi connectivity index (χ0v) is 38.1. The first-order valence-electron chi connectivity index (χ1n) is 22.3. The second-order valence-electron chi connectivity index (χ2n) is 16.9. The van der Waals surface area contributed by atoms with Gasteiger partial charge in [0.15, 0.2) is 29.0 Å². The molecule has 0 saturated heterocycles. The van der Waals surface area contributed by atoms with Crippen molar-refractivity contribution in [2.75, 3.05) is 32.7 Å². The third-order valence-corrected chi connectivity index (χ3v) is 16.7. The molecule has 11 rings (SSSR count). The number of para-hydroxylation sites is 1. The number of benzene rings is 3. The Kier molecular flexibility index (Phi) is 10.9. The molecule has 0 amide bonds. The lowest BCUT2D eigenvalue weighted by molar-refractivity contribution is -0.722. The van der Waals surface area contributed by atoms with Gasteiger partial charge in [0, 0.05) is 80.0 Å². The van der Waals surface area contributed by atoms with Crippen LogP contribution in [0.1, 0.15) is 53.9 Å². The number of aromatic nitrogens is 8. The summed E-state index contributed by atoms with van der Waals surface area (Å²) in [6.07, 6.45) is 19.5. The first-order valence-corrected chi connectivity index (χ1v) is 24.7. The van der Waals surface area contributed by atoms with E-state index in [1.807, 2.05) is 24.8 Å². The van der Waals surface area contributed by atoms with E-state index < -0.39 is 7.69 Å². The Morgan fingerprint density at radius 1 is 0.781 bits per heavy atom. The molecule has 14 heteroatoms. The smallest absolute Gasteiger partial charge is 0.207 e. The van der Waals surface area contributed by atoms with E-state index in [-0.39, 0.29) is 12.3 Å². The molecule has 3 aromatic carbocycles. The third kappa shape index (κ3) is 7.19. The number of rotatable bonds is 5. The minimum atomic E-state index is -0.908. The molecule has 8 heterocycles. The summed E-state index contributed by atoms with van der Waals surface area (Å²) >= 11 is 0. The van der Waals surface area contributed by atoms with Crippen molar-refractivity contribution in [3.8, 4) is 11.0 Å². The molecular weight excluding hydrogens is 831 g/mol. The third-order valence-electron chi connectivity index (χ3n) is 13.0. The summed E-state index contributed by atoms with van der Waals surface area (Å²) in [7, 11) is 2.18. The highest BCUT2D eigenvalue weighted by Gasteiger charge is 2.45. The molecule has 320 valence electrons. The molecule has 12 nitrogen and oxygen atoms in total. The fourth-order valence-corrected chi connectivity index (χ4v) is 14.1. The zero-order chi connectivity index (χ0) is 43.1. The highest BCUT2D eigenvalue weighted by Crippen LogP contribution is 2.51. The number of anilines is 5. The molecule has 4 aliphatic heterocycles. The lowest BCUT2D eigenvalue weighted by Crippen LogP contribution is -2.47. The van der Waals surface area contributed by atoms with Gasteiger partial charge >= 0.3 is 0 Å². The van der Waals surface area contributed by atoms with Gasteiger partial charge in [-0.3, -0.25) is 0 Å². The summed E-state index contributed by atoms with van der Waals surface area (Å²) in [5.41, 5.74) is 9.33. The van der Waals surface area contributed by atoms with Crippen molar-refractivity contribution in [3.63, 3.8) is 0 Å².